The zero-order valence-corrected chi connectivity index (χ0v) is 14.4. The predicted octanol–water partition coefficient (Wildman–Crippen LogP) is 2.77. The summed E-state index contributed by atoms with van der Waals surface area (Å²) in [7, 11) is 3.41. The van der Waals surface area contributed by atoms with E-state index >= 15 is 0 Å². The standard InChI is InChI=1S/C19H23F2N3O/c1-24(2)17(19-14(20)9-6-10-15(19)21)12-23-18(25)11-16(22)13-7-4-3-5-8-13/h3-10,16-17H,11-12,22H2,1-2H3,(H,23,25). The molecule has 0 aliphatic carbocycles. The van der Waals surface area contributed by atoms with Gasteiger partial charge in [-0.3, -0.25) is 4.79 Å². The van der Waals surface area contributed by atoms with Gasteiger partial charge >= 0.3 is 0 Å². The van der Waals surface area contributed by atoms with Crippen LogP contribution in [0.1, 0.15) is 29.6 Å². The number of nitrogens with two attached hydrogens (primary N) is 1. The van der Waals surface area contributed by atoms with E-state index in [2.05, 4.69) is 5.32 Å². The van der Waals surface area contributed by atoms with E-state index in [9.17, 15) is 13.6 Å². The maximum Gasteiger partial charge on any atom is 0.221 e. The maximum atomic E-state index is 14.0. The van der Waals surface area contributed by atoms with Crippen molar-refractivity contribution in [1.82, 2.24) is 10.2 Å². The Kier molecular flexibility index (Phi) is 6.61. The van der Waals surface area contributed by atoms with Crippen molar-refractivity contribution < 1.29 is 13.6 Å². The molecule has 0 bridgehead atoms. The molecule has 134 valence electrons. The number of amides is 1. The number of carbonyl (C=O) groups excluding carboxylic acids is 1. The first kappa shape index (κ1) is 19.0. The number of nitrogens with zero attached hydrogens (tertiary/aromatic N) is 1. The molecule has 2 aromatic carbocycles. The molecule has 2 atom stereocenters. The van der Waals surface area contributed by atoms with Crippen molar-refractivity contribution in [2.75, 3.05) is 20.6 Å². The van der Waals surface area contributed by atoms with Crippen LogP contribution in [0.4, 0.5) is 8.78 Å². The fourth-order valence-corrected chi connectivity index (χ4v) is 2.67. The van der Waals surface area contributed by atoms with Gasteiger partial charge in [-0.2, -0.15) is 0 Å². The summed E-state index contributed by atoms with van der Waals surface area (Å²) in [6.07, 6.45) is 0.101. The quantitative estimate of drug-likeness (QED) is 0.810. The molecule has 0 fully saturated rings. The Bertz CT molecular complexity index is 687. The second-order valence-corrected chi connectivity index (χ2v) is 6.14. The fourth-order valence-electron chi connectivity index (χ4n) is 2.67. The molecule has 0 saturated carbocycles. The molecule has 25 heavy (non-hydrogen) atoms. The summed E-state index contributed by atoms with van der Waals surface area (Å²) in [5.74, 6) is -1.53. The van der Waals surface area contributed by atoms with Gasteiger partial charge in [-0.05, 0) is 31.8 Å². The van der Waals surface area contributed by atoms with Crippen molar-refractivity contribution in [3.05, 3.63) is 71.3 Å². The predicted molar refractivity (Wildman–Crippen MR) is 93.8 cm³/mol. The molecule has 0 radical (unpaired) electrons. The molecule has 0 spiro atoms. The summed E-state index contributed by atoms with van der Waals surface area (Å²) < 4.78 is 28.0. The third kappa shape index (κ3) is 5.08. The molecule has 4 nitrogen and oxygen atoms in total. The van der Waals surface area contributed by atoms with Crippen LogP contribution in [0.3, 0.4) is 0 Å². The van der Waals surface area contributed by atoms with Crippen LogP contribution in [0.2, 0.25) is 0 Å². The number of halogens is 2. The summed E-state index contributed by atoms with van der Waals surface area (Å²) in [4.78, 5) is 13.8. The van der Waals surface area contributed by atoms with Crippen molar-refractivity contribution in [3.8, 4) is 0 Å². The average Bonchev–Trinajstić information content (AvgIpc) is 2.57. The topological polar surface area (TPSA) is 58.4 Å². The Morgan fingerprint density at radius 1 is 1.08 bits per heavy atom. The van der Waals surface area contributed by atoms with Gasteiger partial charge in [0, 0.05) is 24.6 Å². The Morgan fingerprint density at radius 2 is 1.68 bits per heavy atom. The second-order valence-electron chi connectivity index (χ2n) is 6.14. The van der Waals surface area contributed by atoms with Crippen LogP contribution in [0.5, 0.6) is 0 Å². The molecule has 0 aromatic heterocycles. The van der Waals surface area contributed by atoms with Crippen molar-refractivity contribution in [2.45, 2.75) is 18.5 Å². The van der Waals surface area contributed by atoms with Gasteiger partial charge in [0.15, 0.2) is 0 Å². The Morgan fingerprint density at radius 3 is 2.24 bits per heavy atom. The molecule has 2 rings (SSSR count). The fraction of sp³-hybridized carbons (Fsp3) is 0.316. The van der Waals surface area contributed by atoms with Crippen LogP contribution in [-0.2, 0) is 4.79 Å². The lowest BCUT2D eigenvalue weighted by Gasteiger charge is -2.26. The highest BCUT2D eigenvalue weighted by atomic mass is 19.1. The van der Waals surface area contributed by atoms with E-state index in [0.29, 0.717) is 0 Å². The number of rotatable bonds is 7. The van der Waals surface area contributed by atoms with Gasteiger partial charge < -0.3 is 16.0 Å². The number of carbonyl (C=O) groups is 1. The van der Waals surface area contributed by atoms with Gasteiger partial charge in [-0.1, -0.05) is 36.4 Å². The van der Waals surface area contributed by atoms with Crippen LogP contribution in [-0.4, -0.2) is 31.4 Å². The van der Waals surface area contributed by atoms with Gasteiger partial charge in [0.05, 0.1) is 6.04 Å². The van der Waals surface area contributed by atoms with Crippen molar-refractivity contribution >= 4 is 5.91 Å². The number of hydrogen-bond donors (Lipinski definition) is 2. The summed E-state index contributed by atoms with van der Waals surface area (Å²) in [5, 5.41) is 2.72. The van der Waals surface area contributed by atoms with Gasteiger partial charge in [-0.15, -0.1) is 0 Å². The van der Waals surface area contributed by atoms with Gasteiger partial charge in [0.1, 0.15) is 11.6 Å². The van der Waals surface area contributed by atoms with Crippen molar-refractivity contribution in [2.24, 2.45) is 5.73 Å². The minimum absolute atomic E-state index is 0.0554. The van der Waals surface area contributed by atoms with E-state index < -0.39 is 23.7 Å². The molecular weight excluding hydrogens is 324 g/mol. The van der Waals surface area contributed by atoms with Crippen molar-refractivity contribution in [1.29, 1.82) is 0 Å². The lowest BCUT2D eigenvalue weighted by atomic mass is 10.0. The molecule has 0 heterocycles. The number of nitrogens with one attached hydrogen (secondary N) is 1. The van der Waals surface area contributed by atoms with Crippen LogP contribution in [0, 0.1) is 11.6 Å². The summed E-state index contributed by atoms with van der Waals surface area (Å²) in [6, 6.07) is 12.0. The third-order valence-corrected chi connectivity index (χ3v) is 4.08. The van der Waals surface area contributed by atoms with E-state index in [0.717, 1.165) is 5.56 Å². The first-order chi connectivity index (χ1) is 11.9. The zero-order valence-electron chi connectivity index (χ0n) is 14.4. The Hall–Kier alpha value is -2.31. The number of likely N-dealkylation sites (N-methyl/N-ethyl adjacent to an activating group) is 1. The van der Waals surface area contributed by atoms with Crippen LogP contribution in [0.15, 0.2) is 48.5 Å². The average molecular weight is 347 g/mol. The summed E-state index contributed by atoms with van der Waals surface area (Å²) in [5.41, 5.74) is 6.84. The smallest absolute Gasteiger partial charge is 0.221 e. The van der Waals surface area contributed by atoms with Gasteiger partial charge in [0.2, 0.25) is 5.91 Å². The minimum Gasteiger partial charge on any atom is -0.354 e. The van der Waals surface area contributed by atoms with E-state index in [1.807, 2.05) is 30.3 Å². The number of hydrogen-bond acceptors (Lipinski definition) is 3. The minimum atomic E-state index is -0.631. The highest BCUT2D eigenvalue weighted by Crippen LogP contribution is 2.24. The first-order valence-electron chi connectivity index (χ1n) is 8.07. The highest BCUT2D eigenvalue weighted by Gasteiger charge is 2.23. The van der Waals surface area contributed by atoms with Crippen LogP contribution in [0.25, 0.3) is 0 Å². The molecule has 0 saturated heterocycles. The molecule has 1 amide bonds. The van der Waals surface area contributed by atoms with Crippen molar-refractivity contribution in [3.63, 3.8) is 0 Å². The molecule has 3 N–H and O–H groups in total. The van der Waals surface area contributed by atoms with E-state index in [1.165, 1.54) is 18.2 Å². The molecular formula is C19H23F2N3O. The lowest BCUT2D eigenvalue weighted by molar-refractivity contribution is -0.121. The van der Waals surface area contributed by atoms with Gasteiger partial charge in [0.25, 0.3) is 0 Å². The molecule has 6 heteroatoms. The normalized spacial score (nSPS) is 13.5. The highest BCUT2D eigenvalue weighted by molar-refractivity contribution is 5.76. The van der Waals surface area contributed by atoms with Crippen LogP contribution >= 0.6 is 0 Å². The molecule has 2 aromatic rings. The maximum absolute atomic E-state index is 14.0. The number of benzene rings is 2. The Labute approximate surface area is 146 Å². The van der Waals surface area contributed by atoms with Gasteiger partial charge in [-0.25, -0.2) is 8.78 Å². The largest absolute Gasteiger partial charge is 0.354 e. The molecule has 0 aliphatic heterocycles. The zero-order chi connectivity index (χ0) is 18.4. The van der Waals surface area contributed by atoms with E-state index in [-0.39, 0.29) is 24.4 Å². The third-order valence-electron chi connectivity index (χ3n) is 4.08. The van der Waals surface area contributed by atoms with E-state index in [1.54, 1.807) is 19.0 Å². The molecule has 2 unspecified atom stereocenters. The molecule has 0 aliphatic rings. The SMILES string of the molecule is CN(C)C(CNC(=O)CC(N)c1ccccc1)c1c(F)cccc1F. The monoisotopic (exact) mass is 347 g/mol. The summed E-state index contributed by atoms with van der Waals surface area (Å²) in [6.45, 7) is 0.0885. The summed E-state index contributed by atoms with van der Waals surface area (Å²) >= 11 is 0. The van der Waals surface area contributed by atoms with E-state index in [4.69, 9.17) is 5.73 Å². The Balaban J connectivity index is 2.01. The first-order valence-corrected chi connectivity index (χ1v) is 8.07. The second kappa shape index (κ2) is 8.69. The van der Waals surface area contributed by atoms with Crippen LogP contribution < -0.4 is 11.1 Å². The lowest BCUT2D eigenvalue weighted by Crippen LogP contribution is -2.36.